The minimum absolute atomic E-state index is 0.0691. The summed E-state index contributed by atoms with van der Waals surface area (Å²) in [5, 5.41) is 77.5. The van der Waals surface area contributed by atoms with Gasteiger partial charge >= 0.3 is 5.97 Å². The number of aliphatic hydroxyl groups excluding tert-OH is 2. The zero-order valence-corrected chi connectivity index (χ0v) is 56.8. The number of rotatable bonds is 3. The fourth-order valence-electron chi connectivity index (χ4n) is 29.6. The number of carbonyl (C=O) groups excluding carboxylic acids is 2. The normalized spacial score (nSPS) is 48.7. The van der Waals surface area contributed by atoms with Gasteiger partial charge in [-0.15, -0.1) is 0 Å². The second-order valence-electron chi connectivity index (χ2n) is 36.2. The fraction of sp³-hybridized carbons (Fsp3) is 0.632. The molecule has 19 aliphatic rings. The third-order valence-electron chi connectivity index (χ3n) is 32.7. The highest BCUT2D eigenvalue weighted by molar-refractivity contribution is 5.86. The Morgan fingerprint density at radius 2 is 1.48 bits per heavy atom. The zero-order valence-electron chi connectivity index (χ0n) is 56.8. The van der Waals surface area contributed by atoms with Crippen LogP contribution in [0.25, 0.3) is 0 Å². The highest BCUT2D eigenvalue weighted by Crippen LogP contribution is 2.83. The van der Waals surface area contributed by atoms with Crippen molar-refractivity contribution < 1.29 is 44.6 Å². The van der Waals surface area contributed by atoms with Crippen LogP contribution in [0.4, 0.5) is 0 Å². The van der Waals surface area contributed by atoms with Gasteiger partial charge in [-0.1, -0.05) is 109 Å². The zero-order chi connectivity index (χ0) is 65.3. The van der Waals surface area contributed by atoms with Crippen LogP contribution in [0, 0.1) is 122 Å². The van der Waals surface area contributed by atoms with Crippen molar-refractivity contribution in [3.63, 3.8) is 0 Å². The van der Waals surface area contributed by atoms with Gasteiger partial charge in [-0.05, 0) is 295 Å². The van der Waals surface area contributed by atoms with Crippen LogP contribution in [0.5, 0.6) is 0 Å². The van der Waals surface area contributed by atoms with Gasteiger partial charge in [0, 0.05) is 57.6 Å². The molecule has 11 fully saturated rings. The lowest BCUT2D eigenvalue weighted by Gasteiger charge is -2.76. The number of nitrogens with one attached hydrogen (secondary N) is 1. The molecule has 10 heteroatoms. The topological polar surface area (TPSA) is 166 Å². The van der Waals surface area contributed by atoms with Crippen molar-refractivity contribution in [3.8, 4) is 11.8 Å². The quantitative estimate of drug-likeness (QED) is 0.0503. The van der Waals surface area contributed by atoms with Crippen molar-refractivity contribution in [1.29, 1.82) is 0 Å². The number of allylic oxidation sites excluding steroid dienone is 2. The molecule has 0 aromatic heterocycles. The highest BCUT2D eigenvalue weighted by Gasteiger charge is 2.89. The summed E-state index contributed by atoms with van der Waals surface area (Å²) in [7, 11) is 1.98. The molecule has 16 aliphatic carbocycles. The fourth-order valence-corrected chi connectivity index (χ4v) is 29.6. The summed E-state index contributed by atoms with van der Waals surface area (Å²) in [4.78, 5) is 31.0. The van der Waals surface area contributed by atoms with Crippen molar-refractivity contribution in [2.24, 2.45) is 110 Å². The number of benzene rings is 4. The van der Waals surface area contributed by atoms with Gasteiger partial charge in [0.15, 0.2) is 0 Å². The number of hydrogen-bond acceptors (Lipinski definition) is 10. The van der Waals surface area contributed by atoms with E-state index in [1.807, 2.05) is 19.2 Å². The van der Waals surface area contributed by atoms with E-state index in [0.29, 0.717) is 75.0 Å². The highest BCUT2D eigenvalue weighted by atomic mass is 16.5. The predicted molar refractivity (Wildman–Crippen MR) is 369 cm³/mol. The Morgan fingerprint density at radius 1 is 0.691 bits per heavy atom. The Balaban J connectivity index is 0.834. The first-order valence-corrected chi connectivity index (χ1v) is 38.8. The maximum atomic E-state index is 16.5. The summed E-state index contributed by atoms with van der Waals surface area (Å²) < 4.78 is 14.9. The van der Waals surface area contributed by atoms with E-state index in [9.17, 15) is 9.90 Å². The average Bonchev–Trinajstić information content (AvgIpc) is 1.60. The van der Waals surface area contributed by atoms with Crippen LogP contribution in [0.15, 0.2) is 115 Å². The molecule has 6 N–H and O–H groups in total. The number of fused-ring (bicyclic) bond motifs is 7. The van der Waals surface area contributed by atoms with E-state index in [1.54, 1.807) is 6.08 Å². The lowest BCUT2D eigenvalue weighted by Crippen LogP contribution is -2.87. The Kier molecular flexibility index (Phi) is 13.9. The summed E-state index contributed by atoms with van der Waals surface area (Å²) in [6.07, 6.45) is 24.5. The van der Waals surface area contributed by atoms with Crippen molar-refractivity contribution in [1.82, 2.24) is 5.32 Å². The Bertz CT molecular complexity index is 4030. The van der Waals surface area contributed by atoms with E-state index < -0.39 is 74.3 Å². The van der Waals surface area contributed by atoms with E-state index in [1.165, 1.54) is 46.1 Å². The molecule has 3 aliphatic heterocycles. The maximum absolute atomic E-state index is 16.5. The van der Waals surface area contributed by atoms with Crippen LogP contribution >= 0.6 is 0 Å². The van der Waals surface area contributed by atoms with Crippen molar-refractivity contribution in [2.75, 3.05) is 7.05 Å². The van der Waals surface area contributed by atoms with Gasteiger partial charge in [0.25, 0.3) is 0 Å². The summed E-state index contributed by atoms with van der Waals surface area (Å²) in [6.45, 7) is -0.137. The monoisotopic (exact) mass is 1300 g/mol. The summed E-state index contributed by atoms with van der Waals surface area (Å²) in [5.74, 6) is 7.08. The molecule has 0 amide bonds. The first-order valence-electron chi connectivity index (χ1n) is 38.8. The number of aliphatic hydroxyl groups is 5. The Hall–Kier alpha value is -5.22. The third-order valence-corrected chi connectivity index (χ3v) is 32.7. The predicted octanol–water partition coefficient (Wildman–Crippen LogP) is 12.5. The molecule has 27 bridgehead atoms. The number of esters is 1. The molecule has 4 aromatic rings. The number of ether oxygens (including phenoxy) is 2. The number of carbonyl (C=O) groups is 2. The van der Waals surface area contributed by atoms with Crippen LogP contribution in [0.3, 0.4) is 0 Å². The van der Waals surface area contributed by atoms with E-state index in [4.69, 9.17) is 9.47 Å². The maximum Gasteiger partial charge on any atom is 0.331 e. The standard InChI is InChI=1S/C87H101NO9/c1-88-74-41-67-56(12-5-15-61(67)45-89)22-25-81-24-21-55(43-81)31-51-9-2-7-49(27-51)28-52-11-4-13-57(32-52)58-19-20-71-62(35-58)36-64-39-65-34-53-10-3-8-50(29-53)30-54-17-18-60(33-54)66-16-6-14-59-38-73-80(96-65)84(64,71)47-83(48-90)75-23-26-82(46-81)77-63(37-69(74)78-70(77)42-76(91)97-78)44-85(82,93)87(75,95)79(92)72(40-68(59)66)86(73,83)94/h2-15,27,29,32,42,48,54-55,58-60,62-66,68-69,71-75,77-80,88-89,92-95H,16-21,23-24,26,28,30-31,33-41,43-47H2,1H3/t54-,55+,58-,59-,60-,62+,63-,64-,65-,66+,68+,69+,71-,72+,73-,74+,75-,77-,78-,79+,80-,81+,82+,83+,84+,85-,86+,87-/m1/s1. The van der Waals surface area contributed by atoms with Crippen LogP contribution in [0.1, 0.15) is 184 Å². The molecule has 10 nitrogen and oxygen atoms in total. The number of likely N-dealkylation sites (N-methyl/N-ethyl adjacent to an activating group) is 1. The lowest BCUT2D eigenvalue weighted by atomic mass is 9.31. The first-order chi connectivity index (χ1) is 47.1. The van der Waals surface area contributed by atoms with Gasteiger partial charge < -0.3 is 45.1 Å². The summed E-state index contributed by atoms with van der Waals surface area (Å²) >= 11 is 0. The van der Waals surface area contributed by atoms with E-state index in [0.717, 1.165) is 119 Å². The third kappa shape index (κ3) is 8.46. The van der Waals surface area contributed by atoms with Crippen molar-refractivity contribution in [2.45, 2.75) is 220 Å². The molecule has 97 heavy (non-hydrogen) atoms. The van der Waals surface area contributed by atoms with E-state index in [2.05, 4.69) is 108 Å². The molecule has 3 heterocycles. The molecule has 10 saturated carbocycles. The van der Waals surface area contributed by atoms with Crippen LogP contribution in [-0.4, -0.2) is 92.1 Å². The molecule has 0 unspecified atom stereocenters. The molecule has 508 valence electrons. The van der Waals surface area contributed by atoms with Gasteiger partial charge in [0.05, 0.1) is 35.9 Å². The van der Waals surface area contributed by atoms with E-state index >= 15 is 25.2 Å². The van der Waals surface area contributed by atoms with Crippen molar-refractivity contribution in [3.05, 3.63) is 165 Å². The molecular weight excluding hydrogens is 1200 g/mol. The molecule has 1 saturated heterocycles. The van der Waals surface area contributed by atoms with Crippen molar-refractivity contribution >= 4 is 12.3 Å². The summed E-state index contributed by atoms with van der Waals surface area (Å²) in [6, 6.07) is 34.1. The number of aldehydes is 1. The Labute approximate surface area is 573 Å². The molecule has 28 atom stereocenters. The molecule has 4 aromatic carbocycles. The largest absolute Gasteiger partial charge is 0.454 e. The lowest BCUT2D eigenvalue weighted by molar-refractivity contribution is -0.395. The average molecular weight is 1300 g/mol. The minimum Gasteiger partial charge on any atom is -0.454 e. The second-order valence-corrected chi connectivity index (χ2v) is 36.2. The van der Waals surface area contributed by atoms with Crippen LogP contribution in [-0.2, 0) is 57.8 Å². The first kappa shape index (κ1) is 61.6. The van der Waals surface area contributed by atoms with Gasteiger partial charge in [-0.25, -0.2) is 4.79 Å². The van der Waals surface area contributed by atoms with Gasteiger partial charge in [-0.2, -0.15) is 0 Å². The number of hydrogen-bond donors (Lipinski definition) is 6. The molecule has 3 spiro atoms. The molecule has 23 rings (SSSR count). The van der Waals surface area contributed by atoms with Crippen LogP contribution < -0.4 is 5.32 Å². The Morgan fingerprint density at radius 3 is 2.32 bits per heavy atom. The second kappa shape index (κ2) is 21.9. The molecular formula is C87H101NO9. The SMILES string of the molecule is CN[C@H]1Cc2c(cccc2CO)C#C[C@]23CC[C@@H](Cc4cccc(c4)Cc4cccc(c4)[C@@H]4CC[C@@H]5[C@@H](C4)C[C@@H]4C[C@H]6Cc7cccc(c7)C[C@H]7CC[C@H](C7)[C@@H]7CC=C[C@@H]8C[C@@H]9[C@@H](O6)[C@@]45C[C@]4(C=O)[C@H]5CC[C@]6(C2)[C@H]2C%10=CC(=O)O[C@@H]%10[C@H]1C[C@@H]2C[C@]6(O)[C@]5(O)[C@@H](O)[C@H](C[C@H]78)[C@]94O)C3. The van der Waals surface area contributed by atoms with E-state index in [-0.39, 0.29) is 84.6 Å². The van der Waals surface area contributed by atoms with Gasteiger partial charge in [0.1, 0.15) is 23.6 Å². The smallest absolute Gasteiger partial charge is 0.331 e. The minimum atomic E-state index is -2.27. The summed E-state index contributed by atoms with van der Waals surface area (Å²) in [5.41, 5.74) is 1.69. The van der Waals surface area contributed by atoms with Crippen LogP contribution in [0.2, 0.25) is 0 Å². The van der Waals surface area contributed by atoms with Gasteiger partial charge in [-0.3, -0.25) is 0 Å². The molecule has 0 radical (unpaired) electrons. The van der Waals surface area contributed by atoms with Gasteiger partial charge in [0.2, 0.25) is 0 Å².